The lowest BCUT2D eigenvalue weighted by molar-refractivity contribution is 0.0585. The van der Waals surface area contributed by atoms with Crippen molar-refractivity contribution in [3.63, 3.8) is 0 Å². The number of aryl methyl sites for hydroxylation is 1. The van der Waals surface area contributed by atoms with Gasteiger partial charge in [-0.05, 0) is 38.3 Å². The Balaban J connectivity index is 1.77. The lowest BCUT2D eigenvalue weighted by Crippen LogP contribution is -2.63. The lowest BCUT2D eigenvalue weighted by Gasteiger charge is -2.44. The average molecular weight is 394 g/mol. The van der Waals surface area contributed by atoms with E-state index in [0.29, 0.717) is 13.1 Å². The van der Waals surface area contributed by atoms with Crippen LogP contribution >= 0.6 is 0 Å². The first-order valence-corrected chi connectivity index (χ1v) is 11.5. The molecule has 27 heavy (non-hydrogen) atoms. The first-order chi connectivity index (χ1) is 12.6. The Morgan fingerprint density at radius 1 is 1.07 bits per heavy atom. The average Bonchev–Trinajstić information content (AvgIpc) is 2.89. The van der Waals surface area contributed by atoms with Crippen molar-refractivity contribution in [2.24, 2.45) is 0 Å². The molecule has 2 saturated heterocycles. The van der Waals surface area contributed by atoms with Gasteiger partial charge in [-0.2, -0.15) is 0 Å². The number of fused-ring (bicyclic) bond motifs is 1. The molecule has 2 amide bonds. The summed E-state index contributed by atoms with van der Waals surface area (Å²) in [6.45, 7) is 9.88. The van der Waals surface area contributed by atoms with Crippen molar-refractivity contribution in [2.75, 3.05) is 24.6 Å². The van der Waals surface area contributed by atoms with E-state index in [2.05, 4.69) is 41.4 Å². The van der Waals surface area contributed by atoms with Crippen LogP contribution in [0.3, 0.4) is 0 Å². The molecule has 0 radical (unpaired) electrons. The van der Waals surface area contributed by atoms with Gasteiger partial charge in [0, 0.05) is 31.2 Å². The van der Waals surface area contributed by atoms with E-state index in [0.717, 1.165) is 13.0 Å². The van der Waals surface area contributed by atoms with Crippen LogP contribution in [0.25, 0.3) is 0 Å². The number of nitrogens with zero attached hydrogens (tertiary/aromatic N) is 2. The molecular formula is C20H31N3O3S. The van der Waals surface area contributed by atoms with Gasteiger partial charge in [0.2, 0.25) is 0 Å². The van der Waals surface area contributed by atoms with Crippen LogP contribution in [0.4, 0.5) is 4.79 Å². The van der Waals surface area contributed by atoms with Crippen LogP contribution in [0.2, 0.25) is 0 Å². The maximum absolute atomic E-state index is 12.7. The van der Waals surface area contributed by atoms with Gasteiger partial charge in [-0.3, -0.25) is 4.90 Å². The van der Waals surface area contributed by atoms with Gasteiger partial charge in [-0.15, -0.1) is 0 Å². The van der Waals surface area contributed by atoms with E-state index in [9.17, 15) is 13.2 Å². The zero-order chi connectivity index (χ0) is 19.8. The molecule has 150 valence electrons. The van der Waals surface area contributed by atoms with Crippen molar-refractivity contribution in [1.82, 2.24) is 15.1 Å². The molecule has 2 aliphatic heterocycles. The van der Waals surface area contributed by atoms with Crippen LogP contribution in [-0.4, -0.2) is 66.5 Å². The molecule has 2 atom stereocenters. The van der Waals surface area contributed by atoms with Gasteiger partial charge in [-0.1, -0.05) is 31.2 Å². The summed E-state index contributed by atoms with van der Waals surface area (Å²) in [5.74, 6) is 0.185. The van der Waals surface area contributed by atoms with Gasteiger partial charge < -0.3 is 10.2 Å². The van der Waals surface area contributed by atoms with E-state index in [4.69, 9.17) is 0 Å². The largest absolute Gasteiger partial charge is 0.333 e. The molecule has 0 aromatic heterocycles. The highest BCUT2D eigenvalue weighted by Crippen LogP contribution is 2.28. The van der Waals surface area contributed by atoms with Crippen molar-refractivity contribution < 1.29 is 13.2 Å². The van der Waals surface area contributed by atoms with Gasteiger partial charge in [0.25, 0.3) is 0 Å². The fourth-order valence-corrected chi connectivity index (χ4v) is 5.99. The number of piperazine rings is 1. The molecule has 0 saturated carbocycles. The van der Waals surface area contributed by atoms with Gasteiger partial charge in [-0.25, -0.2) is 13.2 Å². The second-order valence-electron chi connectivity index (χ2n) is 8.73. The Bertz CT molecular complexity index is 784. The third kappa shape index (κ3) is 4.82. The Labute approximate surface area is 162 Å². The van der Waals surface area contributed by atoms with E-state index in [-0.39, 0.29) is 35.2 Å². The normalized spacial score (nSPS) is 25.3. The number of carbonyl (C=O) groups excluding carboxylic acids is 1. The predicted octanol–water partition coefficient (Wildman–Crippen LogP) is 2.04. The quantitative estimate of drug-likeness (QED) is 0.853. The Kier molecular flexibility index (Phi) is 5.54. The van der Waals surface area contributed by atoms with Crippen LogP contribution < -0.4 is 5.32 Å². The maximum Gasteiger partial charge on any atom is 0.318 e. The number of hydrogen-bond acceptors (Lipinski definition) is 4. The number of rotatable bonds is 3. The molecule has 0 spiro atoms. The van der Waals surface area contributed by atoms with Crippen LogP contribution in [0.15, 0.2) is 24.3 Å². The highest BCUT2D eigenvalue weighted by molar-refractivity contribution is 7.91. The van der Waals surface area contributed by atoms with E-state index in [1.165, 1.54) is 11.1 Å². The van der Waals surface area contributed by atoms with Gasteiger partial charge in [0.1, 0.15) is 0 Å². The number of sulfone groups is 1. The van der Waals surface area contributed by atoms with Crippen molar-refractivity contribution in [3.05, 3.63) is 35.4 Å². The molecule has 1 aromatic rings. The van der Waals surface area contributed by atoms with Crippen LogP contribution in [0.1, 0.15) is 38.8 Å². The second kappa shape index (κ2) is 7.43. The van der Waals surface area contributed by atoms with E-state index in [1.54, 1.807) is 4.90 Å². The third-order valence-corrected chi connectivity index (χ3v) is 7.05. The topological polar surface area (TPSA) is 69.7 Å². The fraction of sp³-hybridized carbons (Fsp3) is 0.650. The molecule has 2 fully saturated rings. The molecular weight excluding hydrogens is 362 g/mol. The monoisotopic (exact) mass is 393 g/mol. The minimum atomic E-state index is -3.14. The highest BCUT2D eigenvalue weighted by atomic mass is 32.2. The number of carbonyl (C=O) groups is 1. The third-order valence-electron chi connectivity index (χ3n) is 5.35. The predicted molar refractivity (Wildman–Crippen MR) is 107 cm³/mol. The summed E-state index contributed by atoms with van der Waals surface area (Å²) in [5.41, 5.74) is 2.13. The first-order valence-electron chi connectivity index (χ1n) is 9.69. The number of nitrogens with one attached hydrogen (secondary N) is 1. The number of benzene rings is 1. The van der Waals surface area contributed by atoms with E-state index in [1.807, 2.05) is 20.8 Å². The summed E-state index contributed by atoms with van der Waals surface area (Å²) in [6.07, 6.45) is 1.00. The molecule has 2 heterocycles. The fourth-order valence-electron chi connectivity index (χ4n) is 3.98. The zero-order valence-corrected chi connectivity index (χ0v) is 17.6. The number of urea groups is 1. The summed E-state index contributed by atoms with van der Waals surface area (Å²) in [7, 11) is -3.14. The molecule has 7 heteroatoms. The van der Waals surface area contributed by atoms with Gasteiger partial charge >= 0.3 is 6.03 Å². The molecule has 2 aliphatic rings. The number of amides is 2. The van der Waals surface area contributed by atoms with Crippen molar-refractivity contribution in [3.8, 4) is 0 Å². The zero-order valence-electron chi connectivity index (χ0n) is 16.7. The van der Waals surface area contributed by atoms with Gasteiger partial charge in [0.05, 0.1) is 17.5 Å². The van der Waals surface area contributed by atoms with E-state index < -0.39 is 9.84 Å². The molecule has 0 unspecified atom stereocenters. The molecule has 6 nitrogen and oxygen atoms in total. The summed E-state index contributed by atoms with van der Waals surface area (Å²) in [6, 6.07) is 7.92. The van der Waals surface area contributed by atoms with Crippen molar-refractivity contribution in [2.45, 2.75) is 58.3 Å². The Hall–Kier alpha value is -1.60. The summed E-state index contributed by atoms with van der Waals surface area (Å²) in [5, 5.41) is 2.98. The van der Waals surface area contributed by atoms with Crippen LogP contribution in [-0.2, 0) is 22.8 Å². The smallest absolute Gasteiger partial charge is 0.318 e. The molecule has 1 N–H and O–H groups in total. The van der Waals surface area contributed by atoms with Crippen molar-refractivity contribution >= 4 is 15.9 Å². The minimum absolute atomic E-state index is 0.0561. The Morgan fingerprint density at radius 2 is 1.67 bits per heavy atom. The molecule has 0 bridgehead atoms. The minimum Gasteiger partial charge on any atom is -0.333 e. The van der Waals surface area contributed by atoms with E-state index >= 15 is 0 Å². The molecule has 0 aliphatic carbocycles. The molecule has 1 aromatic carbocycles. The molecule has 3 rings (SSSR count). The van der Waals surface area contributed by atoms with Crippen LogP contribution in [0, 0.1) is 0 Å². The lowest BCUT2D eigenvalue weighted by atomic mass is 10.0. The highest BCUT2D eigenvalue weighted by Gasteiger charge is 2.48. The number of hydrogen-bond donors (Lipinski definition) is 1. The van der Waals surface area contributed by atoms with Crippen LogP contribution in [0.5, 0.6) is 0 Å². The first kappa shape index (κ1) is 20.1. The summed E-state index contributed by atoms with van der Waals surface area (Å²) in [4.78, 5) is 16.7. The summed E-state index contributed by atoms with van der Waals surface area (Å²) < 4.78 is 24.7. The van der Waals surface area contributed by atoms with Gasteiger partial charge in [0.15, 0.2) is 9.84 Å². The Morgan fingerprint density at radius 3 is 2.26 bits per heavy atom. The maximum atomic E-state index is 12.7. The SMILES string of the molecule is CCc1ccc(CN2CCN(C(=O)NC(C)(C)C)[C@H]3CS(=O)(=O)C[C@H]32)cc1. The van der Waals surface area contributed by atoms with Crippen molar-refractivity contribution in [1.29, 1.82) is 0 Å². The summed E-state index contributed by atoms with van der Waals surface area (Å²) >= 11 is 0. The standard InChI is InChI=1S/C20H31N3O3S/c1-5-15-6-8-16(9-7-15)12-22-10-11-23(19(24)21-20(2,3)4)18-14-27(25,26)13-17(18)22/h6-9,17-18H,5,10-14H2,1-4H3,(H,21,24)/t17-,18+/m1/s1. The second-order valence-corrected chi connectivity index (χ2v) is 10.9.